The first-order valence-corrected chi connectivity index (χ1v) is 8.06. The molecule has 0 aromatic carbocycles. The molecule has 1 fully saturated rings. The van der Waals surface area contributed by atoms with E-state index in [1.807, 2.05) is 0 Å². The zero-order chi connectivity index (χ0) is 11.6. The Hall–Kier alpha value is 0.270. The summed E-state index contributed by atoms with van der Waals surface area (Å²) in [5.41, 5.74) is 0. The van der Waals surface area contributed by atoms with Crippen LogP contribution < -0.4 is 5.32 Å². The lowest BCUT2D eigenvalue weighted by Crippen LogP contribution is -2.45. The van der Waals surface area contributed by atoms with Gasteiger partial charge in [-0.1, -0.05) is 20.3 Å². The topological polar surface area (TPSA) is 15.3 Å². The number of hydrogen-bond acceptors (Lipinski definition) is 3. The molecule has 0 aromatic rings. The summed E-state index contributed by atoms with van der Waals surface area (Å²) in [5, 5.41) is 3.50. The number of thioether (sulfide) groups is 1. The van der Waals surface area contributed by atoms with Gasteiger partial charge in [0.05, 0.1) is 0 Å². The summed E-state index contributed by atoms with van der Waals surface area (Å²) < 4.78 is 0. The van der Waals surface area contributed by atoms with Crippen molar-refractivity contribution < 1.29 is 0 Å². The average Bonchev–Trinajstić information content (AvgIpc) is 2.33. The summed E-state index contributed by atoms with van der Waals surface area (Å²) in [5.74, 6) is 2.60. The van der Waals surface area contributed by atoms with Crippen LogP contribution in [0, 0.1) is 0 Å². The molecule has 0 bridgehead atoms. The molecule has 3 heteroatoms. The van der Waals surface area contributed by atoms with Crippen molar-refractivity contribution in [3.63, 3.8) is 0 Å². The summed E-state index contributed by atoms with van der Waals surface area (Å²) >= 11 is 2.07. The molecule has 0 spiro atoms. The van der Waals surface area contributed by atoms with Crippen molar-refractivity contribution in [2.24, 2.45) is 0 Å². The number of likely N-dealkylation sites (N-methyl/N-ethyl adjacent to an activating group) is 1. The van der Waals surface area contributed by atoms with Gasteiger partial charge >= 0.3 is 0 Å². The van der Waals surface area contributed by atoms with Gasteiger partial charge in [-0.25, -0.2) is 0 Å². The van der Waals surface area contributed by atoms with Crippen molar-refractivity contribution in [1.29, 1.82) is 0 Å². The number of piperidine rings is 1. The maximum absolute atomic E-state index is 3.50. The quantitative estimate of drug-likeness (QED) is 0.661. The van der Waals surface area contributed by atoms with Crippen molar-refractivity contribution in [2.75, 3.05) is 37.7 Å². The SMILES string of the molecule is CCNCC1CCCCN1CCCSCC. The normalized spacial score (nSPS) is 22.5. The Kier molecular flexibility index (Phi) is 8.34. The average molecular weight is 244 g/mol. The largest absolute Gasteiger partial charge is 0.315 e. The van der Waals surface area contributed by atoms with Gasteiger partial charge in [-0.15, -0.1) is 0 Å². The fourth-order valence-corrected chi connectivity index (χ4v) is 3.03. The highest BCUT2D eigenvalue weighted by Gasteiger charge is 2.20. The summed E-state index contributed by atoms with van der Waals surface area (Å²) in [6, 6.07) is 0.806. The Morgan fingerprint density at radius 1 is 1.31 bits per heavy atom. The fraction of sp³-hybridized carbons (Fsp3) is 1.00. The Bertz CT molecular complexity index is 164. The lowest BCUT2D eigenvalue weighted by Gasteiger charge is -2.35. The van der Waals surface area contributed by atoms with Crippen LogP contribution in [0.25, 0.3) is 0 Å². The zero-order valence-electron chi connectivity index (χ0n) is 11.0. The first kappa shape index (κ1) is 14.3. The minimum absolute atomic E-state index is 0.806. The highest BCUT2D eigenvalue weighted by molar-refractivity contribution is 7.99. The predicted octanol–water partition coefficient (Wildman–Crippen LogP) is 2.59. The molecular formula is C13H28N2S. The van der Waals surface area contributed by atoms with E-state index in [2.05, 4.69) is 35.8 Å². The van der Waals surface area contributed by atoms with Crippen LogP contribution >= 0.6 is 11.8 Å². The van der Waals surface area contributed by atoms with Crippen LogP contribution in [0.1, 0.15) is 39.5 Å². The molecule has 1 aliphatic rings. The van der Waals surface area contributed by atoms with Crippen LogP contribution in [0.15, 0.2) is 0 Å². The van der Waals surface area contributed by atoms with E-state index in [-0.39, 0.29) is 0 Å². The minimum Gasteiger partial charge on any atom is -0.315 e. The molecular weight excluding hydrogens is 216 g/mol. The lowest BCUT2D eigenvalue weighted by atomic mass is 10.0. The van der Waals surface area contributed by atoms with Gasteiger partial charge in [0.15, 0.2) is 0 Å². The van der Waals surface area contributed by atoms with Gasteiger partial charge < -0.3 is 5.32 Å². The van der Waals surface area contributed by atoms with Crippen molar-refractivity contribution in [3.05, 3.63) is 0 Å². The summed E-state index contributed by atoms with van der Waals surface area (Å²) in [7, 11) is 0. The molecule has 16 heavy (non-hydrogen) atoms. The molecule has 0 amide bonds. The van der Waals surface area contributed by atoms with Gasteiger partial charge in [0.2, 0.25) is 0 Å². The van der Waals surface area contributed by atoms with Crippen LogP contribution in [-0.4, -0.2) is 48.6 Å². The predicted molar refractivity (Wildman–Crippen MR) is 75.4 cm³/mol. The zero-order valence-corrected chi connectivity index (χ0v) is 11.8. The van der Waals surface area contributed by atoms with Gasteiger partial charge in [-0.2, -0.15) is 11.8 Å². The third-order valence-electron chi connectivity index (χ3n) is 3.32. The number of nitrogens with one attached hydrogen (secondary N) is 1. The second-order valence-electron chi connectivity index (χ2n) is 4.54. The smallest absolute Gasteiger partial charge is 0.0220 e. The molecule has 1 N–H and O–H groups in total. The maximum atomic E-state index is 3.50. The van der Waals surface area contributed by atoms with Crippen molar-refractivity contribution in [3.8, 4) is 0 Å². The molecule has 96 valence electrons. The standard InChI is InChI=1S/C13H28N2S/c1-3-14-12-13-8-5-6-9-15(13)10-7-11-16-4-2/h13-14H,3-12H2,1-2H3. The van der Waals surface area contributed by atoms with Crippen LogP contribution in [-0.2, 0) is 0 Å². The van der Waals surface area contributed by atoms with Gasteiger partial charge in [-0.05, 0) is 50.4 Å². The summed E-state index contributed by atoms with van der Waals surface area (Å²) in [6.45, 7) is 9.38. The molecule has 0 radical (unpaired) electrons. The molecule has 1 aliphatic heterocycles. The van der Waals surface area contributed by atoms with Gasteiger partial charge in [0, 0.05) is 12.6 Å². The molecule has 1 heterocycles. The Morgan fingerprint density at radius 2 is 2.19 bits per heavy atom. The Labute approximate surface area is 106 Å². The molecule has 0 aliphatic carbocycles. The Balaban J connectivity index is 2.18. The maximum Gasteiger partial charge on any atom is 0.0220 e. The van der Waals surface area contributed by atoms with Crippen molar-refractivity contribution >= 4 is 11.8 Å². The van der Waals surface area contributed by atoms with Crippen LogP contribution in [0.2, 0.25) is 0 Å². The van der Waals surface area contributed by atoms with E-state index < -0.39 is 0 Å². The highest BCUT2D eigenvalue weighted by Crippen LogP contribution is 2.17. The van der Waals surface area contributed by atoms with E-state index in [1.54, 1.807) is 0 Å². The van der Waals surface area contributed by atoms with E-state index in [1.165, 1.54) is 56.8 Å². The third-order valence-corrected chi connectivity index (χ3v) is 4.30. The Morgan fingerprint density at radius 3 is 2.94 bits per heavy atom. The molecule has 1 saturated heterocycles. The van der Waals surface area contributed by atoms with Crippen LogP contribution in [0.5, 0.6) is 0 Å². The first-order valence-electron chi connectivity index (χ1n) is 6.91. The van der Waals surface area contributed by atoms with Gasteiger partial charge in [0.25, 0.3) is 0 Å². The van der Waals surface area contributed by atoms with E-state index >= 15 is 0 Å². The number of likely N-dealkylation sites (tertiary alicyclic amines) is 1. The minimum atomic E-state index is 0.806. The lowest BCUT2D eigenvalue weighted by molar-refractivity contribution is 0.146. The fourth-order valence-electron chi connectivity index (χ4n) is 2.41. The molecule has 0 aromatic heterocycles. The summed E-state index contributed by atoms with van der Waals surface area (Å²) in [4.78, 5) is 2.71. The number of nitrogens with zero attached hydrogens (tertiary/aromatic N) is 1. The number of hydrogen-bond donors (Lipinski definition) is 1. The molecule has 0 saturated carbocycles. The molecule has 1 atom stereocenters. The number of rotatable bonds is 8. The molecule has 1 unspecified atom stereocenters. The van der Waals surface area contributed by atoms with E-state index in [9.17, 15) is 0 Å². The van der Waals surface area contributed by atoms with E-state index in [0.29, 0.717) is 0 Å². The monoisotopic (exact) mass is 244 g/mol. The van der Waals surface area contributed by atoms with Crippen LogP contribution in [0.3, 0.4) is 0 Å². The summed E-state index contributed by atoms with van der Waals surface area (Å²) in [6.07, 6.45) is 5.59. The van der Waals surface area contributed by atoms with Gasteiger partial charge in [0.1, 0.15) is 0 Å². The molecule has 1 rings (SSSR count). The van der Waals surface area contributed by atoms with E-state index in [4.69, 9.17) is 0 Å². The first-order chi connectivity index (χ1) is 7.88. The third kappa shape index (κ3) is 5.55. The second kappa shape index (κ2) is 9.32. The second-order valence-corrected chi connectivity index (χ2v) is 5.94. The van der Waals surface area contributed by atoms with Crippen molar-refractivity contribution in [1.82, 2.24) is 10.2 Å². The van der Waals surface area contributed by atoms with Crippen LogP contribution in [0.4, 0.5) is 0 Å². The van der Waals surface area contributed by atoms with Gasteiger partial charge in [-0.3, -0.25) is 4.90 Å². The van der Waals surface area contributed by atoms with E-state index in [0.717, 1.165) is 12.6 Å². The highest BCUT2D eigenvalue weighted by atomic mass is 32.2. The van der Waals surface area contributed by atoms with Crippen molar-refractivity contribution in [2.45, 2.75) is 45.6 Å². The molecule has 2 nitrogen and oxygen atoms in total.